The lowest BCUT2D eigenvalue weighted by molar-refractivity contribution is -0.114. The van der Waals surface area contributed by atoms with Gasteiger partial charge in [-0.2, -0.15) is 0 Å². The SMILES string of the molecule is CC(=O)Nc1ccc(S(=O)(=O)Nc2ccc(Br)cn2)cc1Cl. The van der Waals surface area contributed by atoms with E-state index in [4.69, 9.17) is 11.6 Å². The highest BCUT2D eigenvalue weighted by Crippen LogP contribution is 2.26. The van der Waals surface area contributed by atoms with E-state index in [1.165, 1.54) is 37.4 Å². The number of sulfonamides is 1. The van der Waals surface area contributed by atoms with E-state index in [-0.39, 0.29) is 21.6 Å². The predicted octanol–water partition coefficient (Wildman–Crippen LogP) is 3.26. The molecule has 1 aromatic heterocycles. The minimum absolute atomic E-state index is 0.0312. The Kier molecular flexibility index (Phi) is 5.05. The fourth-order valence-corrected chi connectivity index (χ4v) is 3.15. The smallest absolute Gasteiger partial charge is 0.263 e. The number of halogens is 2. The lowest BCUT2D eigenvalue weighted by Crippen LogP contribution is -2.14. The molecule has 2 N–H and O–H groups in total. The molecule has 6 nitrogen and oxygen atoms in total. The first-order chi connectivity index (χ1) is 10.3. The van der Waals surface area contributed by atoms with Gasteiger partial charge in [-0.15, -0.1) is 0 Å². The van der Waals surface area contributed by atoms with Gasteiger partial charge in [0, 0.05) is 17.6 Å². The Hall–Kier alpha value is -1.64. The molecule has 0 aliphatic carbocycles. The molecule has 0 saturated carbocycles. The van der Waals surface area contributed by atoms with Gasteiger partial charge in [0.1, 0.15) is 5.82 Å². The van der Waals surface area contributed by atoms with Crippen LogP contribution in [0, 0.1) is 0 Å². The van der Waals surface area contributed by atoms with Gasteiger partial charge >= 0.3 is 0 Å². The molecule has 0 unspecified atom stereocenters. The zero-order valence-corrected chi connectivity index (χ0v) is 14.5. The highest BCUT2D eigenvalue weighted by Gasteiger charge is 2.16. The number of rotatable bonds is 4. The standard InChI is InChI=1S/C13H11BrClN3O3S/c1-8(19)17-12-4-3-10(6-11(12)15)22(20,21)18-13-5-2-9(14)7-16-13/h2-7H,1H3,(H,16,18)(H,17,19). The summed E-state index contributed by atoms with van der Waals surface area (Å²) in [7, 11) is -3.82. The molecule has 0 aliphatic rings. The molecule has 9 heteroatoms. The average molecular weight is 405 g/mol. The van der Waals surface area contributed by atoms with Crippen molar-refractivity contribution in [1.82, 2.24) is 4.98 Å². The first-order valence-corrected chi connectivity index (χ1v) is 8.65. The maximum Gasteiger partial charge on any atom is 0.263 e. The Bertz CT molecular complexity index is 810. The lowest BCUT2D eigenvalue weighted by atomic mass is 10.3. The number of benzene rings is 1. The molecule has 0 spiro atoms. The molecule has 22 heavy (non-hydrogen) atoms. The van der Waals surface area contributed by atoms with Crippen LogP contribution in [0.4, 0.5) is 11.5 Å². The van der Waals surface area contributed by atoms with Gasteiger partial charge in [-0.25, -0.2) is 13.4 Å². The van der Waals surface area contributed by atoms with Gasteiger partial charge in [0.05, 0.1) is 15.6 Å². The number of anilines is 2. The molecule has 0 saturated heterocycles. The highest BCUT2D eigenvalue weighted by atomic mass is 79.9. The van der Waals surface area contributed by atoms with Crippen LogP contribution < -0.4 is 10.0 Å². The Morgan fingerprint density at radius 3 is 2.55 bits per heavy atom. The largest absolute Gasteiger partial charge is 0.325 e. The lowest BCUT2D eigenvalue weighted by Gasteiger charge is -2.10. The second-order valence-corrected chi connectivity index (χ2v) is 7.30. The topological polar surface area (TPSA) is 88.2 Å². The van der Waals surface area contributed by atoms with Crippen molar-refractivity contribution >= 4 is 55.0 Å². The molecule has 2 aromatic rings. The average Bonchev–Trinajstić information content (AvgIpc) is 2.43. The number of pyridine rings is 1. The van der Waals surface area contributed by atoms with Gasteiger partial charge in [0.2, 0.25) is 5.91 Å². The van der Waals surface area contributed by atoms with Gasteiger partial charge in [-0.05, 0) is 46.3 Å². The Morgan fingerprint density at radius 2 is 2.00 bits per heavy atom. The van der Waals surface area contributed by atoms with Crippen LogP contribution in [0.15, 0.2) is 45.9 Å². The van der Waals surface area contributed by atoms with Crippen LogP contribution in [-0.4, -0.2) is 19.3 Å². The van der Waals surface area contributed by atoms with Gasteiger partial charge in [-0.1, -0.05) is 11.6 Å². The summed E-state index contributed by atoms with van der Waals surface area (Å²) in [6.07, 6.45) is 1.48. The van der Waals surface area contributed by atoms with Crippen molar-refractivity contribution in [2.24, 2.45) is 0 Å². The van der Waals surface area contributed by atoms with E-state index in [1.807, 2.05) is 0 Å². The number of nitrogens with zero attached hydrogens (tertiary/aromatic N) is 1. The van der Waals surface area contributed by atoms with Crippen LogP contribution in [0.2, 0.25) is 5.02 Å². The van der Waals surface area contributed by atoms with Crippen molar-refractivity contribution in [2.45, 2.75) is 11.8 Å². The fourth-order valence-electron chi connectivity index (χ4n) is 1.59. The second-order valence-electron chi connectivity index (χ2n) is 4.29. The van der Waals surface area contributed by atoms with Crippen LogP contribution >= 0.6 is 27.5 Å². The molecule has 0 bridgehead atoms. The monoisotopic (exact) mass is 403 g/mol. The van der Waals surface area contributed by atoms with Gasteiger partial charge in [0.25, 0.3) is 10.0 Å². The van der Waals surface area contributed by atoms with E-state index in [0.29, 0.717) is 5.69 Å². The van der Waals surface area contributed by atoms with Gasteiger partial charge < -0.3 is 5.32 Å². The molecule has 0 radical (unpaired) electrons. The summed E-state index contributed by atoms with van der Waals surface area (Å²) in [5.41, 5.74) is 0.342. The molecular weight excluding hydrogens is 394 g/mol. The number of carbonyl (C=O) groups is 1. The van der Waals surface area contributed by atoms with E-state index in [2.05, 4.69) is 31.0 Å². The summed E-state index contributed by atoms with van der Waals surface area (Å²) < 4.78 is 27.6. The molecule has 1 amide bonds. The number of amides is 1. The van der Waals surface area contributed by atoms with Crippen molar-refractivity contribution in [3.05, 3.63) is 46.0 Å². The maximum atomic E-state index is 12.3. The summed E-state index contributed by atoms with van der Waals surface area (Å²) in [4.78, 5) is 14.9. The highest BCUT2D eigenvalue weighted by molar-refractivity contribution is 9.10. The summed E-state index contributed by atoms with van der Waals surface area (Å²) in [5.74, 6) is -0.111. The zero-order chi connectivity index (χ0) is 16.3. The number of nitrogens with one attached hydrogen (secondary N) is 2. The molecule has 1 aromatic carbocycles. The zero-order valence-electron chi connectivity index (χ0n) is 11.3. The van der Waals surface area contributed by atoms with E-state index in [1.54, 1.807) is 6.07 Å². The molecular formula is C13H11BrClN3O3S. The number of carbonyl (C=O) groups excluding carboxylic acids is 1. The van der Waals surface area contributed by atoms with E-state index in [9.17, 15) is 13.2 Å². The predicted molar refractivity (Wildman–Crippen MR) is 88.5 cm³/mol. The normalized spacial score (nSPS) is 11.0. The van der Waals surface area contributed by atoms with Crippen LogP contribution in [0.3, 0.4) is 0 Å². The van der Waals surface area contributed by atoms with Crippen molar-refractivity contribution in [3.63, 3.8) is 0 Å². The third-order valence-electron chi connectivity index (χ3n) is 2.53. The third kappa shape index (κ3) is 4.19. The molecule has 2 rings (SSSR count). The summed E-state index contributed by atoms with van der Waals surface area (Å²) >= 11 is 9.19. The minimum Gasteiger partial charge on any atom is -0.325 e. The van der Waals surface area contributed by atoms with Gasteiger partial charge in [0.15, 0.2) is 0 Å². The quantitative estimate of drug-likeness (QED) is 0.818. The summed E-state index contributed by atoms with van der Waals surface area (Å²) in [6.45, 7) is 1.34. The minimum atomic E-state index is -3.82. The van der Waals surface area contributed by atoms with Gasteiger partial charge in [-0.3, -0.25) is 9.52 Å². The van der Waals surface area contributed by atoms with E-state index >= 15 is 0 Å². The number of aromatic nitrogens is 1. The summed E-state index contributed by atoms with van der Waals surface area (Å²) in [5, 5.41) is 2.63. The molecule has 0 atom stereocenters. The van der Waals surface area contributed by atoms with Crippen molar-refractivity contribution in [1.29, 1.82) is 0 Å². The maximum absolute atomic E-state index is 12.3. The number of hydrogen-bond acceptors (Lipinski definition) is 4. The fraction of sp³-hybridized carbons (Fsp3) is 0.0769. The van der Waals surface area contributed by atoms with Crippen LogP contribution in [-0.2, 0) is 14.8 Å². The van der Waals surface area contributed by atoms with E-state index in [0.717, 1.165) is 4.47 Å². The first-order valence-electron chi connectivity index (χ1n) is 5.99. The van der Waals surface area contributed by atoms with Crippen molar-refractivity contribution < 1.29 is 13.2 Å². The first kappa shape index (κ1) is 16.7. The van der Waals surface area contributed by atoms with Crippen molar-refractivity contribution in [3.8, 4) is 0 Å². The second kappa shape index (κ2) is 6.64. The van der Waals surface area contributed by atoms with Crippen LogP contribution in [0.1, 0.15) is 6.92 Å². The Labute approximate surface area is 141 Å². The van der Waals surface area contributed by atoms with Crippen LogP contribution in [0.25, 0.3) is 0 Å². The van der Waals surface area contributed by atoms with Crippen LogP contribution in [0.5, 0.6) is 0 Å². The summed E-state index contributed by atoms with van der Waals surface area (Å²) in [6, 6.07) is 7.21. The molecule has 1 heterocycles. The van der Waals surface area contributed by atoms with Crippen molar-refractivity contribution in [2.75, 3.05) is 10.0 Å². The number of hydrogen-bond donors (Lipinski definition) is 2. The molecule has 116 valence electrons. The molecule has 0 aliphatic heterocycles. The molecule has 0 fully saturated rings. The van der Waals surface area contributed by atoms with E-state index < -0.39 is 10.0 Å². The Balaban J connectivity index is 2.27. The third-order valence-corrected chi connectivity index (χ3v) is 4.66. The Morgan fingerprint density at radius 1 is 1.27 bits per heavy atom.